The molecule has 0 unspecified atom stereocenters. The highest BCUT2D eigenvalue weighted by Gasteiger charge is 2.25. The summed E-state index contributed by atoms with van der Waals surface area (Å²) in [5.41, 5.74) is 0.347. The molecule has 2 heterocycles. The van der Waals surface area contributed by atoms with Crippen LogP contribution in [-0.4, -0.2) is 55.7 Å². The van der Waals surface area contributed by atoms with Gasteiger partial charge in [-0.25, -0.2) is 4.98 Å². The molecule has 4 nitrogen and oxygen atoms in total. The number of anilines is 1. The van der Waals surface area contributed by atoms with Crippen LogP contribution in [0, 0.1) is 5.41 Å². The molecule has 1 fully saturated rings. The lowest BCUT2D eigenvalue weighted by atomic mass is 9.92. The van der Waals surface area contributed by atoms with Crippen molar-refractivity contribution in [3.05, 3.63) is 11.6 Å². The van der Waals surface area contributed by atoms with Crippen LogP contribution in [0.4, 0.5) is 5.13 Å². The first kappa shape index (κ1) is 14.8. The molecule has 1 saturated heterocycles. The lowest BCUT2D eigenvalue weighted by Crippen LogP contribution is -2.50. The Balaban J connectivity index is 1.77. The Morgan fingerprint density at radius 2 is 2.05 bits per heavy atom. The summed E-state index contributed by atoms with van der Waals surface area (Å²) in [4.78, 5) is 9.38. The average Bonchev–Trinajstić information content (AvgIpc) is 2.91. The van der Waals surface area contributed by atoms with E-state index in [1.807, 2.05) is 6.20 Å². The van der Waals surface area contributed by atoms with Gasteiger partial charge in [-0.05, 0) is 12.0 Å². The summed E-state index contributed by atoms with van der Waals surface area (Å²) in [5.74, 6) is 0. The lowest BCUT2D eigenvalue weighted by Gasteiger charge is -2.39. The van der Waals surface area contributed by atoms with E-state index in [4.69, 9.17) is 0 Å². The van der Waals surface area contributed by atoms with Crippen LogP contribution < -0.4 is 10.2 Å². The number of aromatic nitrogens is 1. The molecule has 19 heavy (non-hydrogen) atoms. The summed E-state index contributed by atoms with van der Waals surface area (Å²) in [6.07, 6.45) is 1.89. The van der Waals surface area contributed by atoms with Gasteiger partial charge in [0.05, 0.1) is 0 Å². The maximum absolute atomic E-state index is 4.40. The predicted molar refractivity (Wildman–Crippen MR) is 83.1 cm³/mol. The summed E-state index contributed by atoms with van der Waals surface area (Å²) >= 11 is 1.74. The molecular formula is C14H26N4S. The van der Waals surface area contributed by atoms with Crippen molar-refractivity contribution in [2.24, 2.45) is 5.41 Å². The molecule has 0 saturated carbocycles. The van der Waals surface area contributed by atoms with Gasteiger partial charge >= 0.3 is 0 Å². The minimum atomic E-state index is 0.347. The van der Waals surface area contributed by atoms with E-state index in [-0.39, 0.29) is 0 Å². The van der Waals surface area contributed by atoms with Gasteiger partial charge in [0, 0.05) is 50.8 Å². The van der Waals surface area contributed by atoms with Crippen molar-refractivity contribution < 1.29 is 0 Å². The molecule has 0 amide bonds. The van der Waals surface area contributed by atoms with Crippen LogP contribution in [0.1, 0.15) is 20.8 Å². The van der Waals surface area contributed by atoms with Crippen LogP contribution in [0.15, 0.2) is 11.6 Å². The lowest BCUT2D eigenvalue weighted by molar-refractivity contribution is 0.167. The van der Waals surface area contributed by atoms with E-state index in [2.05, 4.69) is 46.3 Å². The first-order valence-corrected chi connectivity index (χ1v) is 8.06. The van der Waals surface area contributed by atoms with E-state index in [0.29, 0.717) is 5.41 Å². The fourth-order valence-corrected chi connectivity index (χ4v) is 3.29. The predicted octanol–water partition coefficient (Wildman–Crippen LogP) is 1.90. The zero-order chi connectivity index (χ0) is 13.7. The average molecular weight is 282 g/mol. The van der Waals surface area contributed by atoms with Crippen molar-refractivity contribution in [2.75, 3.05) is 50.7 Å². The number of piperazine rings is 1. The molecule has 1 aliphatic heterocycles. The standard InChI is InChI=1S/C14H26N4S/c1-4-15-11-14(2,3)12-17-6-8-18(9-7-17)13-16-5-10-19-13/h5,10,15H,4,6-9,11-12H2,1-3H3. The molecular weight excluding hydrogens is 256 g/mol. The Morgan fingerprint density at radius 1 is 1.32 bits per heavy atom. The van der Waals surface area contributed by atoms with Crippen molar-refractivity contribution in [3.63, 3.8) is 0 Å². The van der Waals surface area contributed by atoms with E-state index < -0.39 is 0 Å². The molecule has 0 aliphatic carbocycles. The van der Waals surface area contributed by atoms with Crippen LogP contribution in [0.2, 0.25) is 0 Å². The Labute approximate surface area is 120 Å². The first-order chi connectivity index (χ1) is 9.11. The molecule has 1 aliphatic rings. The van der Waals surface area contributed by atoms with E-state index >= 15 is 0 Å². The summed E-state index contributed by atoms with van der Waals surface area (Å²) in [6.45, 7) is 14.7. The molecule has 0 aromatic carbocycles. The second kappa shape index (κ2) is 6.68. The third kappa shape index (κ3) is 4.44. The third-order valence-corrected chi connectivity index (χ3v) is 4.40. The minimum absolute atomic E-state index is 0.347. The van der Waals surface area contributed by atoms with Crippen molar-refractivity contribution in [1.82, 2.24) is 15.2 Å². The van der Waals surface area contributed by atoms with Gasteiger partial charge in [-0.1, -0.05) is 20.8 Å². The summed E-state index contributed by atoms with van der Waals surface area (Å²) in [7, 11) is 0. The number of rotatable bonds is 6. The quantitative estimate of drug-likeness (QED) is 0.863. The van der Waals surface area contributed by atoms with Gasteiger partial charge in [0.1, 0.15) is 0 Å². The fraction of sp³-hybridized carbons (Fsp3) is 0.786. The summed E-state index contributed by atoms with van der Waals surface area (Å²) in [6, 6.07) is 0. The van der Waals surface area contributed by atoms with E-state index in [1.165, 1.54) is 11.7 Å². The molecule has 0 radical (unpaired) electrons. The largest absolute Gasteiger partial charge is 0.346 e. The van der Waals surface area contributed by atoms with Gasteiger partial charge in [0.25, 0.3) is 0 Å². The fourth-order valence-electron chi connectivity index (χ4n) is 2.59. The highest BCUT2D eigenvalue weighted by Crippen LogP contribution is 2.21. The molecule has 0 atom stereocenters. The molecule has 108 valence electrons. The number of thiazole rings is 1. The van der Waals surface area contributed by atoms with E-state index in [0.717, 1.165) is 39.3 Å². The second-order valence-corrected chi connectivity index (χ2v) is 6.90. The monoisotopic (exact) mass is 282 g/mol. The Bertz CT molecular complexity index is 356. The SMILES string of the molecule is CCNCC(C)(C)CN1CCN(c2nccs2)CC1. The van der Waals surface area contributed by atoms with E-state index in [9.17, 15) is 0 Å². The minimum Gasteiger partial charge on any atom is -0.346 e. The van der Waals surface area contributed by atoms with Crippen LogP contribution in [0.25, 0.3) is 0 Å². The Hall–Kier alpha value is -0.650. The maximum atomic E-state index is 4.40. The van der Waals surface area contributed by atoms with Gasteiger partial charge in [0.15, 0.2) is 5.13 Å². The molecule has 0 bridgehead atoms. The van der Waals surface area contributed by atoms with Crippen LogP contribution in [0.3, 0.4) is 0 Å². The molecule has 1 aromatic heterocycles. The molecule has 0 spiro atoms. The molecule has 2 rings (SSSR count). The zero-order valence-electron chi connectivity index (χ0n) is 12.4. The molecule has 1 aromatic rings. The Morgan fingerprint density at radius 3 is 2.63 bits per heavy atom. The van der Waals surface area contributed by atoms with Crippen LogP contribution >= 0.6 is 11.3 Å². The van der Waals surface area contributed by atoms with Gasteiger partial charge < -0.3 is 10.2 Å². The summed E-state index contributed by atoms with van der Waals surface area (Å²) in [5, 5.41) is 6.69. The van der Waals surface area contributed by atoms with Crippen molar-refractivity contribution in [3.8, 4) is 0 Å². The third-order valence-electron chi connectivity index (χ3n) is 3.57. The number of hydrogen-bond acceptors (Lipinski definition) is 5. The van der Waals surface area contributed by atoms with Crippen molar-refractivity contribution >= 4 is 16.5 Å². The zero-order valence-corrected chi connectivity index (χ0v) is 13.2. The number of nitrogens with one attached hydrogen (secondary N) is 1. The number of hydrogen-bond donors (Lipinski definition) is 1. The van der Waals surface area contributed by atoms with E-state index in [1.54, 1.807) is 11.3 Å². The van der Waals surface area contributed by atoms with Crippen molar-refractivity contribution in [1.29, 1.82) is 0 Å². The topological polar surface area (TPSA) is 31.4 Å². The second-order valence-electron chi connectivity index (χ2n) is 6.02. The van der Waals surface area contributed by atoms with Gasteiger partial charge in [-0.15, -0.1) is 11.3 Å². The first-order valence-electron chi connectivity index (χ1n) is 7.18. The smallest absolute Gasteiger partial charge is 0.185 e. The maximum Gasteiger partial charge on any atom is 0.185 e. The van der Waals surface area contributed by atoms with Gasteiger partial charge in [0.2, 0.25) is 0 Å². The highest BCUT2D eigenvalue weighted by atomic mass is 32.1. The number of nitrogens with zero attached hydrogens (tertiary/aromatic N) is 3. The van der Waals surface area contributed by atoms with Crippen LogP contribution in [-0.2, 0) is 0 Å². The molecule has 1 N–H and O–H groups in total. The van der Waals surface area contributed by atoms with Gasteiger partial charge in [-0.3, -0.25) is 4.90 Å². The summed E-state index contributed by atoms with van der Waals surface area (Å²) < 4.78 is 0. The van der Waals surface area contributed by atoms with Gasteiger partial charge in [-0.2, -0.15) is 0 Å². The molecule has 5 heteroatoms. The Kier molecular flexibility index (Phi) is 5.19. The van der Waals surface area contributed by atoms with Crippen LogP contribution in [0.5, 0.6) is 0 Å². The normalized spacial score (nSPS) is 17.9. The van der Waals surface area contributed by atoms with Crippen molar-refractivity contribution in [2.45, 2.75) is 20.8 Å². The highest BCUT2D eigenvalue weighted by molar-refractivity contribution is 7.13.